The minimum Gasteiger partial charge on any atom is -0.453 e. The van der Waals surface area contributed by atoms with Crippen molar-refractivity contribution in [3.63, 3.8) is 0 Å². The van der Waals surface area contributed by atoms with Gasteiger partial charge in [0, 0.05) is 79.0 Å². The molecule has 2 unspecified atom stereocenters. The lowest BCUT2D eigenvalue weighted by Crippen LogP contribution is -2.63. The highest BCUT2D eigenvalue weighted by atomic mass is 19.4. The molecule has 2 aliphatic heterocycles. The number of aliphatic hydroxyl groups excluding tert-OH is 1. The summed E-state index contributed by atoms with van der Waals surface area (Å²) in [5, 5.41) is 18.7. The molecule has 4 aromatic rings. The van der Waals surface area contributed by atoms with Crippen LogP contribution in [-0.4, -0.2) is 138 Å². The first kappa shape index (κ1) is 60.1. The fourth-order valence-electron chi connectivity index (χ4n) is 9.46. The highest BCUT2D eigenvalue weighted by molar-refractivity contribution is 5.87. The Bertz CT molecular complexity index is 2770. The van der Waals surface area contributed by atoms with Gasteiger partial charge in [-0.1, -0.05) is 30.0 Å². The predicted octanol–water partition coefficient (Wildman–Crippen LogP) is 7.43. The van der Waals surface area contributed by atoms with Crippen LogP contribution >= 0.6 is 0 Å². The smallest absolute Gasteiger partial charge is 0.407 e. The second kappa shape index (κ2) is 24.7. The van der Waals surface area contributed by atoms with Crippen molar-refractivity contribution < 1.29 is 68.9 Å². The molecule has 78 heavy (non-hydrogen) atoms. The van der Waals surface area contributed by atoms with E-state index in [2.05, 4.69) is 65.7 Å². The molecule has 2 saturated heterocycles. The topological polar surface area (TPSA) is 191 Å². The molecule has 0 aliphatic carbocycles. The summed E-state index contributed by atoms with van der Waals surface area (Å²) in [5.74, 6) is 1.35. The van der Waals surface area contributed by atoms with Gasteiger partial charge < -0.3 is 35.4 Å². The number of halogens is 8. The third kappa shape index (κ3) is 14.3. The Balaban J connectivity index is 1.32. The Hall–Kier alpha value is -7.10. The van der Waals surface area contributed by atoms with E-state index in [0.29, 0.717) is 67.5 Å². The van der Waals surface area contributed by atoms with Crippen LogP contribution in [0.1, 0.15) is 76.6 Å². The van der Waals surface area contributed by atoms with Crippen molar-refractivity contribution >= 4 is 29.8 Å². The van der Waals surface area contributed by atoms with E-state index in [4.69, 9.17) is 0 Å². The number of pyridine rings is 2. The van der Waals surface area contributed by atoms with Crippen LogP contribution in [0.2, 0.25) is 0 Å². The van der Waals surface area contributed by atoms with Crippen molar-refractivity contribution in [2.24, 2.45) is 10.8 Å². The molecule has 16 nitrogen and oxygen atoms in total. The number of nitrogens with one attached hydrogen (secondary N) is 4. The third-order valence-corrected chi connectivity index (χ3v) is 14.2. The molecule has 24 heteroatoms. The van der Waals surface area contributed by atoms with Gasteiger partial charge in [0.15, 0.2) is 0 Å². The first-order chi connectivity index (χ1) is 36.5. The van der Waals surface area contributed by atoms with E-state index < -0.39 is 108 Å². The molecular weight excluding hydrogens is 1040 g/mol. The Morgan fingerprint density at radius 2 is 1.29 bits per heavy atom. The van der Waals surface area contributed by atoms with Gasteiger partial charge in [-0.15, -0.1) is 0 Å². The number of carbonyl (C=O) groups excluding carboxylic acids is 4. The summed E-state index contributed by atoms with van der Waals surface area (Å²) in [6, 6.07) is 11.1. The van der Waals surface area contributed by atoms with Crippen LogP contribution in [0.4, 0.5) is 50.5 Å². The number of nitrogens with zero attached hydrogens (tertiary/aromatic N) is 5. The van der Waals surface area contributed by atoms with Crippen LogP contribution in [0.25, 0.3) is 11.3 Å². The van der Waals surface area contributed by atoms with Crippen LogP contribution in [-0.2, 0) is 32.0 Å². The van der Waals surface area contributed by atoms with Crippen molar-refractivity contribution in [3.8, 4) is 23.1 Å². The van der Waals surface area contributed by atoms with Crippen LogP contribution in [0.5, 0.6) is 0 Å². The van der Waals surface area contributed by atoms with Crippen LogP contribution < -0.4 is 26.3 Å². The van der Waals surface area contributed by atoms with Crippen molar-refractivity contribution in [1.82, 2.24) is 41.3 Å². The second-order valence-corrected chi connectivity index (χ2v) is 20.6. The molecule has 6 rings (SSSR count). The molecule has 0 spiro atoms. The summed E-state index contributed by atoms with van der Waals surface area (Å²) >= 11 is 0. The molecule has 0 radical (unpaired) electrons. The fraction of sp³-hybridized carbons (Fsp3) is 0.481. The summed E-state index contributed by atoms with van der Waals surface area (Å²) in [5.41, 5.74) is -3.19. The normalized spacial score (nSPS) is 17.6. The highest BCUT2D eigenvalue weighted by Crippen LogP contribution is 2.42. The van der Waals surface area contributed by atoms with E-state index >= 15 is 8.78 Å². The van der Waals surface area contributed by atoms with E-state index in [1.54, 1.807) is 30.5 Å². The quantitative estimate of drug-likeness (QED) is 0.0377. The van der Waals surface area contributed by atoms with Gasteiger partial charge in [0.25, 0.3) is 5.91 Å². The fourth-order valence-corrected chi connectivity index (χ4v) is 9.46. The lowest BCUT2D eigenvalue weighted by molar-refractivity contribution is -0.221. The summed E-state index contributed by atoms with van der Waals surface area (Å²) in [4.78, 5) is 66.5. The van der Waals surface area contributed by atoms with Crippen molar-refractivity contribution in [2.75, 3.05) is 38.8 Å². The van der Waals surface area contributed by atoms with Crippen molar-refractivity contribution in [1.29, 1.82) is 0 Å². The molecule has 2 aliphatic rings. The number of aromatic nitrogens is 2. The zero-order valence-electron chi connectivity index (χ0n) is 44.2. The van der Waals surface area contributed by atoms with Gasteiger partial charge in [-0.05, 0) is 115 Å². The monoisotopic (exact) mass is 1100 g/mol. The molecular formula is C54H63F8N9O7. The molecule has 4 heterocycles. The standard InChI is InChI=1S/C54H63F8N9O7/c1-31(2)71-36-19-20-37(71)28-69(27-36)44-21-18-34(26-64-44)17-14-32-12-15-33(16-13-32)23-42(65-47(73)45(66-49(75)77-7)51(3,4)53(57,58)59)43(72)30-70(68-48(74)46(67-50(76)78-8)52(5,6)54(60,61)62)29-38-39(55)24-35(25-40(38)56)41-11-9-10-22-63-41/h9-13,15-16,18,21-22,24-26,31,36-37,42-43,45-46,72H,19-20,23,27-30H2,1-8H3,(H,65,73)(H,66,75)(H,67,76)(H,68,74)/t36?,37?,42-,43-,45+,46+/m0/s1. The van der Waals surface area contributed by atoms with Gasteiger partial charge in [-0.2, -0.15) is 26.3 Å². The number of benzene rings is 2. The van der Waals surface area contributed by atoms with E-state index in [0.717, 1.165) is 58.1 Å². The Morgan fingerprint density at radius 1 is 0.756 bits per heavy atom. The minimum atomic E-state index is -5.18. The molecule has 2 aromatic heterocycles. The molecule has 5 N–H and O–H groups in total. The van der Waals surface area contributed by atoms with Gasteiger partial charge in [-0.3, -0.25) is 24.9 Å². The Labute approximate surface area is 446 Å². The zero-order chi connectivity index (χ0) is 57.5. The zero-order valence-corrected chi connectivity index (χ0v) is 44.2. The van der Waals surface area contributed by atoms with Crippen molar-refractivity contribution in [2.45, 2.75) is 122 Å². The number of fused-ring (bicyclic) bond motifs is 2. The summed E-state index contributed by atoms with van der Waals surface area (Å²) in [7, 11) is 1.67. The van der Waals surface area contributed by atoms with E-state index in [9.17, 15) is 50.6 Å². The number of hydrogen-bond donors (Lipinski definition) is 5. The lowest BCUT2D eigenvalue weighted by Gasteiger charge is -2.43. The number of carbonyl (C=O) groups is 4. The van der Waals surface area contributed by atoms with Gasteiger partial charge in [0.2, 0.25) is 5.91 Å². The number of rotatable bonds is 18. The lowest BCUT2D eigenvalue weighted by atomic mass is 9.82. The van der Waals surface area contributed by atoms with Crippen molar-refractivity contribution in [3.05, 3.63) is 113 Å². The van der Waals surface area contributed by atoms with Gasteiger partial charge in [0.1, 0.15) is 29.5 Å². The number of anilines is 1. The number of amides is 4. The number of alkyl carbamates (subject to hydrolysis) is 2. The Kier molecular flexibility index (Phi) is 19.0. The van der Waals surface area contributed by atoms with Crippen LogP contribution in [0.15, 0.2) is 79.1 Å². The number of ether oxygens (including phenoxy) is 2. The minimum absolute atomic E-state index is 0.0281. The van der Waals surface area contributed by atoms with E-state index in [-0.39, 0.29) is 11.3 Å². The SMILES string of the molecule is COC(=O)N[C@H](C(=O)N[C@@H](Cc1ccc(C#Cc2ccc(N3CC4CCC(C3)N4C(C)C)nc2)cc1)[C@@H](O)CN(Cc1c(F)cc(-c2ccccn2)cc1F)NC(=O)[C@@H](NC(=O)OC)C(C)(C)C(F)(F)F)C(C)(C)C(F)(F)F. The first-order valence-electron chi connectivity index (χ1n) is 24.9. The maximum atomic E-state index is 16.0. The molecule has 4 amide bonds. The van der Waals surface area contributed by atoms with Gasteiger partial charge in [0.05, 0.1) is 42.9 Å². The number of piperazine rings is 1. The summed E-state index contributed by atoms with van der Waals surface area (Å²) < 4.78 is 128. The molecule has 2 bridgehead atoms. The van der Waals surface area contributed by atoms with Gasteiger partial charge >= 0.3 is 24.5 Å². The van der Waals surface area contributed by atoms with Crippen LogP contribution in [0.3, 0.4) is 0 Å². The molecule has 6 atom stereocenters. The third-order valence-electron chi connectivity index (χ3n) is 14.2. The molecule has 0 saturated carbocycles. The number of hydrazine groups is 1. The largest absolute Gasteiger partial charge is 0.453 e. The highest BCUT2D eigenvalue weighted by Gasteiger charge is 2.57. The van der Waals surface area contributed by atoms with E-state index in [1.165, 1.54) is 24.4 Å². The van der Waals surface area contributed by atoms with Gasteiger partial charge in [-0.25, -0.2) is 28.4 Å². The maximum absolute atomic E-state index is 16.0. The Morgan fingerprint density at radius 3 is 1.78 bits per heavy atom. The molecule has 2 aromatic carbocycles. The average molecular weight is 1100 g/mol. The predicted molar refractivity (Wildman–Crippen MR) is 271 cm³/mol. The number of alkyl halides is 6. The average Bonchev–Trinajstić information content (AvgIpc) is 3.70. The summed E-state index contributed by atoms with van der Waals surface area (Å²) in [6.45, 7) is 6.52. The molecule has 422 valence electrons. The second-order valence-electron chi connectivity index (χ2n) is 20.6. The summed E-state index contributed by atoms with van der Waals surface area (Å²) in [6.07, 6.45) is -10.4. The van der Waals surface area contributed by atoms with E-state index in [1.807, 2.05) is 22.8 Å². The molecule has 2 fully saturated rings. The number of methoxy groups -OCH3 is 2. The van der Waals surface area contributed by atoms with Crippen LogP contribution in [0, 0.1) is 34.3 Å². The first-order valence-corrected chi connectivity index (χ1v) is 24.9. The number of hydrogen-bond acceptors (Lipinski definition) is 12. The maximum Gasteiger partial charge on any atom is 0.407 e. The number of aliphatic hydroxyl groups is 1.